The molecule has 1 atom stereocenters. The molecule has 0 saturated carbocycles. The van der Waals surface area contributed by atoms with Gasteiger partial charge in [0.25, 0.3) is 0 Å². The molecule has 0 amide bonds. The zero-order chi connectivity index (χ0) is 13.2. The van der Waals surface area contributed by atoms with Gasteiger partial charge in [0.1, 0.15) is 5.82 Å². The molecule has 19 heavy (non-hydrogen) atoms. The van der Waals surface area contributed by atoms with Crippen molar-refractivity contribution in [2.24, 2.45) is 0 Å². The highest BCUT2D eigenvalue weighted by Gasteiger charge is 2.19. The fraction of sp³-hybridized carbons (Fsp3) is 0.583. The molecular formula is C12H19N7. The molecular weight excluding hydrogens is 242 g/mol. The lowest BCUT2D eigenvalue weighted by molar-refractivity contribution is 0.194. The number of nitrogens with one attached hydrogen (secondary N) is 2. The van der Waals surface area contributed by atoms with E-state index in [4.69, 9.17) is 5.73 Å². The maximum atomic E-state index is 5.70. The van der Waals surface area contributed by atoms with Gasteiger partial charge in [0.15, 0.2) is 5.65 Å². The normalized spacial score (nSPS) is 20.8. The Labute approximate surface area is 111 Å². The van der Waals surface area contributed by atoms with Gasteiger partial charge in [-0.25, -0.2) is 0 Å². The van der Waals surface area contributed by atoms with Gasteiger partial charge in [-0.2, -0.15) is 15.1 Å². The van der Waals surface area contributed by atoms with Crippen LogP contribution >= 0.6 is 0 Å². The van der Waals surface area contributed by atoms with Gasteiger partial charge in [0, 0.05) is 12.6 Å². The predicted octanol–water partition coefficient (Wildman–Crippen LogP) is 0.831. The molecule has 1 aliphatic rings. The SMILES string of the molecule is CN1CCCCC1CNc1nc(N)nc2[nH]ncc12. The van der Waals surface area contributed by atoms with Crippen LogP contribution in [0.2, 0.25) is 0 Å². The maximum Gasteiger partial charge on any atom is 0.224 e. The molecule has 4 N–H and O–H groups in total. The van der Waals surface area contributed by atoms with Crippen LogP contribution in [0.3, 0.4) is 0 Å². The van der Waals surface area contributed by atoms with Crippen LogP contribution in [0.15, 0.2) is 6.20 Å². The van der Waals surface area contributed by atoms with Crippen LogP contribution in [0.5, 0.6) is 0 Å². The summed E-state index contributed by atoms with van der Waals surface area (Å²) in [6.07, 6.45) is 5.53. The van der Waals surface area contributed by atoms with Gasteiger partial charge in [-0.05, 0) is 26.4 Å². The largest absolute Gasteiger partial charge is 0.368 e. The Morgan fingerprint density at radius 1 is 1.47 bits per heavy atom. The molecule has 0 aromatic carbocycles. The number of likely N-dealkylation sites (N-methyl/N-ethyl adjacent to an activating group) is 1. The molecule has 2 aromatic heterocycles. The second kappa shape index (κ2) is 5.00. The number of aromatic nitrogens is 4. The third kappa shape index (κ3) is 2.46. The third-order valence-corrected chi connectivity index (χ3v) is 3.75. The van der Waals surface area contributed by atoms with E-state index in [1.54, 1.807) is 6.20 Å². The Morgan fingerprint density at radius 2 is 2.37 bits per heavy atom. The smallest absolute Gasteiger partial charge is 0.224 e. The highest BCUT2D eigenvalue weighted by Crippen LogP contribution is 2.20. The van der Waals surface area contributed by atoms with Crippen LogP contribution in [-0.2, 0) is 0 Å². The first kappa shape index (κ1) is 12.2. The van der Waals surface area contributed by atoms with E-state index in [0.717, 1.165) is 17.7 Å². The van der Waals surface area contributed by atoms with E-state index in [1.165, 1.54) is 25.8 Å². The first-order valence-electron chi connectivity index (χ1n) is 6.65. The van der Waals surface area contributed by atoms with Crippen molar-refractivity contribution >= 4 is 22.8 Å². The summed E-state index contributed by atoms with van der Waals surface area (Å²) in [5, 5.41) is 11.1. The third-order valence-electron chi connectivity index (χ3n) is 3.75. The summed E-state index contributed by atoms with van der Waals surface area (Å²) in [4.78, 5) is 10.8. The molecule has 1 unspecified atom stereocenters. The summed E-state index contributed by atoms with van der Waals surface area (Å²) in [6, 6.07) is 0.548. The van der Waals surface area contributed by atoms with E-state index in [2.05, 4.69) is 37.4 Å². The Kier molecular flexibility index (Phi) is 3.20. The van der Waals surface area contributed by atoms with Crippen molar-refractivity contribution in [2.45, 2.75) is 25.3 Å². The summed E-state index contributed by atoms with van der Waals surface area (Å²) < 4.78 is 0. The second-order valence-electron chi connectivity index (χ2n) is 5.07. The standard InChI is InChI=1S/C12H19N7/c1-19-5-3-2-4-8(19)6-14-10-9-7-15-18-11(9)17-12(13)16-10/h7-8H,2-6H2,1H3,(H4,13,14,15,16,17,18). The van der Waals surface area contributed by atoms with Gasteiger partial charge in [0.2, 0.25) is 5.95 Å². The summed E-state index contributed by atoms with van der Waals surface area (Å²) in [6.45, 7) is 2.03. The molecule has 2 aromatic rings. The summed E-state index contributed by atoms with van der Waals surface area (Å²) in [5.41, 5.74) is 6.37. The number of hydrogen-bond acceptors (Lipinski definition) is 6. The molecule has 0 spiro atoms. The molecule has 7 nitrogen and oxygen atoms in total. The second-order valence-corrected chi connectivity index (χ2v) is 5.07. The first-order valence-corrected chi connectivity index (χ1v) is 6.65. The van der Waals surface area contributed by atoms with E-state index in [-0.39, 0.29) is 5.95 Å². The van der Waals surface area contributed by atoms with Gasteiger partial charge >= 0.3 is 0 Å². The molecule has 0 aliphatic carbocycles. The first-order chi connectivity index (χ1) is 9.24. The number of nitrogens with two attached hydrogens (primary N) is 1. The van der Waals surface area contributed by atoms with Gasteiger partial charge in [-0.1, -0.05) is 6.42 Å². The molecule has 7 heteroatoms. The highest BCUT2D eigenvalue weighted by molar-refractivity contribution is 5.86. The van der Waals surface area contributed by atoms with E-state index in [9.17, 15) is 0 Å². The van der Waals surface area contributed by atoms with Crippen LogP contribution in [0.4, 0.5) is 11.8 Å². The van der Waals surface area contributed by atoms with Crippen LogP contribution < -0.4 is 11.1 Å². The number of rotatable bonds is 3. The quantitative estimate of drug-likeness (QED) is 0.757. The van der Waals surface area contributed by atoms with Crippen molar-refractivity contribution in [3.8, 4) is 0 Å². The summed E-state index contributed by atoms with van der Waals surface area (Å²) in [5.74, 6) is 1.02. The van der Waals surface area contributed by atoms with E-state index in [0.29, 0.717) is 11.7 Å². The predicted molar refractivity (Wildman–Crippen MR) is 74.9 cm³/mol. The van der Waals surface area contributed by atoms with Crippen molar-refractivity contribution in [1.82, 2.24) is 25.1 Å². The van der Waals surface area contributed by atoms with Crippen molar-refractivity contribution in [3.63, 3.8) is 0 Å². The number of H-pyrrole nitrogens is 1. The van der Waals surface area contributed by atoms with Gasteiger partial charge < -0.3 is 16.0 Å². The molecule has 3 rings (SSSR count). The molecule has 1 fully saturated rings. The lowest BCUT2D eigenvalue weighted by atomic mass is 10.0. The number of hydrogen-bond donors (Lipinski definition) is 3. The number of likely N-dealkylation sites (tertiary alicyclic amines) is 1. The zero-order valence-electron chi connectivity index (χ0n) is 11.1. The molecule has 0 radical (unpaired) electrons. The topological polar surface area (TPSA) is 95.7 Å². The number of aromatic amines is 1. The lowest BCUT2D eigenvalue weighted by Crippen LogP contribution is -2.40. The average Bonchev–Trinajstić information content (AvgIpc) is 2.85. The van der Waals surface area contributed by atoms with Crippen molar-refractivity contribution in [2.75, 3.05) is 31.2 Å². The fourth-order valence-electron chi connectivity index (χ4n) is 2.60. The Hall–Kier alpha value is -1.89. The summed E-state index contributed by atoms with van der Waals surface area (Å²) in [7, 11) is 2.17. The Morgan fingerprint density at radius 3 is 3.21 bits per heavy atom. The minimum absolute atomic E-state index is 0.260. The number of nitrogen functional groups attached to an aromatic ring is 1. The van der Waals surface area contributed by atoms with Gasteiger partial charge in [0.05, 0.1) is 11.6 Å². The zero-order valence-corrected chi connectivity index (χ0v) is 11.1. The van der Waals surface area contributed by atoms with Crippen molar-refractivity contribution in [1.29, 1.82) is 0 Å². The van der Waals surface area contributed by atoms with Gasteiger partial charge in [-0.15, -0.1) is 0 Å². The van der Waals surface area contributed by atoms with E-state index < -0.39 is 0 Å². The van der Waals surface area contributed by atoms with Crippen molar-refractivity contribution in [3.05, 3.63) is 6.20 Å². The molecule has 1 aliphatic heterocycles. The Balaban J connectivity index is 1.75. The molecule has 3 heterocycles. The maximum absolute atomic E-state index is 5.70. The van der Waals surface area contributed by atoms with Crippen LogP contribution in [0, 0.1) is 0 Å². The Bertz CT molecular complexity index is 564. The van der Waals surface area contributed by atoms with Crippen LogP contribution in [0.25, 0.3) is 11.0 Å². The van der Waals surface area contributed by atoms with Crippen molar-refractivity contribution < 1.29 is 0 Å². The van der Waals surface area contributed by atoms with Crippen LogP contribution in [0.1, 0.15) is 19.3 Å². The lowest BCUT2D eigenvalue weighted by Gasteiger charge is -2.32. The molecule has 1 saturated heterocycles. The number of nitrogens with zero attached hydrogens (tertiary/aromatic N) is 4. The minimum Gasteiger partial charge on any atom is -0.368 e. The monoisotopic (exact) mass is 261 g/mol. The summed E-state index contributed by atoms with van der Waals surface area (Å²) >= 11 is 0. The van der Waals surface area contributed by atoms with Gasteiger partial charge in [-0.3, -0.25) is 5.10 Å². The fourth-order valence-corrected chi connectivity index (χ4v) is 2.60. The number of piperidine rings is 1. The van der Waals surface area contributed by atoms with E-state index >= 15 is 0 Å². The number of anilines is 2. The average molecular weight is 261 g/mol. The minimum atomic E-state index is 0.260. The number of fused-ring (bicyclic) bond motifs is 1. The highest BCUT2D eigenvalue weighted by atomic mass is 15.2. The molecule has 0 bridgehead atoms. The van der Waals surface area contributed by atoms with E-state index in [1.807, 2.05) is 0 Å². The van der Waals surface area contributed by atoms with Crippen LogP contribution in [-0.4, -0.2) is 51.2 Å². The molecule has 102 valence electrons.